The third-order valence-corrected chi connectivity index (χ3v) is 6.40. The minimum atomic E-state index is -3.32. The molecule has 0 spiro atoms. The Bertz CT molecular complexity index is 495. The zero-order valence-corrected chi connectivity index (χ0v) is 11.9. The van der Waals surface area contributed by atoms with Crippen LogP contribution in [0.2, 0.25) is 0 Å². The van der Waals surface area contributed by atoms with Gasteiger partial charge in [0.2, 0.25) is 0 Å². The summed E-state index contributed by atoms with van der Waals surface area (Å²) in [6.45, 7) is 1.80. The van der Waals surface area contributed by atoms with Gasteiger partial charge in [-0.3, -0.25) is 0 Å². The molecule has 3 nitrogen and oxygen atoms in total. The quantitative estimate of drug-likeness (QED) is 0.910. The van der Waals surface area contributed by atoms with Crippen LogP contribution in [0, 0.1) is 5.92 Å². The number of sulfone groups is 1. The van der Waals surface area contributed by atoms with E-state index in [1.165, 1.54) is 0 Å². The first-order valence-electron chi connectivity index (χ1n) is 5.60. The molecule has 3 unspecified atom stereocenters. The van der Waals surface area contributed by atoms with Crippen LogP contribution in [0.15, 0.2) is 33.6 Å². The third kappa shape index (κ3) is 2.41. The fraction of sp³-hybridized carbons (Fsp3) is 0.500. The molecule has 1 saturated carbocycles. The van der Waals surface area contributed by atoms with Crippen molar-refractivity contribution in [3.63, 3.8) is 0 Å². The van der Waals surface area contributed by atoms with Gasteiger partial charge in [-0.25, -0.2) is 8.42 Å². The topological polar surface area (TPSA) is 54.4 Å². The molecule has 1 aromatic carbocycles. The SMILES string of the molecule is CC1C(O)CCC1S(=O)(=O)c1ccc(Br)cc1. The highest BCUT2D eigenvalue weighted by Gasteiger charge is 2.40. The summed E-state index contributed by atoms with van der Waals surface area (Å²) in [7, 11) is -3.32. The van der Waals surface area contributed by atoms with E-state index in [1.54, 1.807) is 31.2 Å². The molecule has 1 aliphatic rings. The normalized spacial score (nSPS) is 29.5. The van der Waals surface area contributed by atoms with Crippen molar-refractivity contribution in [2.24, 2.45) is 5.92 Å². The minimum absolute atomic E-state index is 0.191. The molecule has 0 amide bonds. The van der Waals surface area contributed by atoms with E-state index in [2.05, 4.69) is 15.9 Å². The van der Waals surface area contributed by atoms with E-state index in [1.807, 2.05) is 0 Å². The van der Waals surface area contributed by atoms with Gasteiger partial charge in [-0.05, 0) is 43.0 Å². The number of rotatable bonds is 2. The average molecular weight is 319 g/mol. The Kier molecular flexibility index (Phi) is 3.61. The lowest BCUT2D eigenvalue weighted by atomic mass is 10.1. The highest BCUT2D eigenvalue weighted by atomic mass is 79.9. The second kappa shape index (κ2) is 4.71. The molecule has 0 saturated heterocycles. The molecular weight excluding hydrogens is 304 g/mol. The Morgan fingerprint density at radius 3 is 2.29 bits per heavy atom. The van der Waals surface area contributed by atoms with E-state index >= 15 is 0 Å². The van der Waals surface area contributed by atoms with Crippen molar-refractivity contribution in [2.75, 3.05) is 0 Å². The molecule has 1 N–H and O–H groups in total. The fourth-order valence-corrected chi connectivity index (χ4v) is 4.67. The molecular formula is C12H15BrO3S. The van der Waals surface area contributed by atoms with Crippen LogP contribution < -0.4 is 0 Å². The predicted molar refractivity (Wildman–Crippen MR) is 69.5 cm³/mol. The van der Waals surface area contributed by atoms with Gasteiger partial charge in [0.1, 0.15) is 0 Å². The van der Waals surface area contributed by atoms with E-state index in [9.17, 15) is 13.5 Å². The summed E-state index contributed by atoms with van der Waals surface area (Å²) in [6, 6.07) is 6.67. The number of benzene rings is 1. The van der Waals surface area contributed by atoms with Gasteiger partial charge in [-0.2, -0.15) is 0 Å². The summed E-state index contributed by atoms with van der Waals surface area (Å²) in [5.41, 5.74) is 0. The summed E-state index contributed by atoms with van der Waals surface area (Å²) in [5, 5.41) is 9.19. The molecule has 0 heterocycles. The molecule has 0 aromatic heterocycles. The first kappa shape index (κ1) is 13.1. The van der Waals surface area contributed by atoms with Gasteiger partial charge in [0, 0.05) is 4.47 Å². The van der Waals surface area contributed by atoms with Crippen molar-refractivity contribution < 1.29 is 13.5 Å². The second-order valence-electron chi connectivity index (χ2n) is 4.54. The van der Waals surface area contributed by atoms with Gasteiger partial charge in [-0.1, -0.05) is 22.9 Å². The molecule has 0 aliphatic heterocycles. The summed E-state index contributed by atoms with van der Waals surface area (Å²) < 4.78 is 25.6. The van der Waals surface area contributed by atoms with Gasteiger partial charge < -0.3 is 5.11 Å². The first-order chi connectivity index (χ1) is 7.93. The van der Waals surface area contributed by atoms with Crippen LogP contribution in [0.4, 0.5) is 0 Å². The lowest BCUT2D eigenvalue weighted by Crippen LogP contribution is -2.27. The van der Waals surface area contributed by atoms with Crippen LogP contribution in [0.1, 0.15) is 19.8 Å². The molecule has 3 atom stereocenters. The average Bonchev–Trinajstić information content (AvgIpc) is 2.61. The van der Waals surface area contributed by atoms with Crippen molar-refractivity contribution in [3.05, 3.63) is 28.7 Å². The van der Waals surface area contributed by atoms with Gasteiger partial charge in [0.15, 0.2) is 9.84 Å². The Hall–Kier alpha value is -0.390. The van der Waals surface area contributed by atoms with E-state index in [-0.39, 0.29) is 5.92 Å². The molecule has 0 bridgehead atoms. The molecule has 0 radical (unpaired) electrons. The lowest BCUT2D eigenvalue weighted by Gasteiger charge is -2.18. The zero-order valence-electron chi connectivity index (χ0n) is 9.51. The van der Waals surface area contributed by atoms with Crippen LogP contribution in [-0.4, -0.2) is 24.9 Å². The van der Waals surface area contributed by atoms with E-state index in [4.69, 9.17) is 0 Å². The monoisotopic (exact) mass is 318 g/mol. The standard InChI is InChI=1S/C12H15BrO3S/c1-8-11(14)6-7-12(8)17(15,16)10-4-2-9(13)3-5-10/h2-5,8,11-12,14H,6-7H2,1H3. The van der Waals surface area contributed by atoms with Gasteiger partial charge >= 0.3 is 0 Å². The highest BCUT2D eigenvalue weighted by molar-refractivity contribution is 9.10. The molecule has 5 heteroatoms. The maximum Gasteiger partial charge on any atom is 0.181 e. The molecule has 1 fully saturated rings. The first-order valence-corrected chi connectivity index (χ1v) is 7.94. The number of aliphatic hydroxyl groups is 1. The molecule has 1 aromatic rings. The number of hydrogen-bond donors (Lipinski definition) is 1. The van der Waals surface area contributed by atoms with Crippen LogP contribution in [0.3, 0.4) is 0 Å². The maximum atomic E-state index is 12.4. The van der Waals surface area contributed by atoms with Crippen molar-refractivity contribution in [1.82, 2.24) is 0 Å². The highest BCUT2D eigenvalue weighted by Crippen LogP contribution is 2.34. The van der Waals surface area contributed by atoms with Crippen LogP contribution in [-0.2, 0) is 9.84 Å². The number of hydrogen-bond acceptors (Lipinski definition) is 3. The van der Waals surface area contributed by atoms with Gasteiger partial charge in [0.05, 0.1) is 16.2 Å². The Balaban J connectivity index is 2.34. The summed E-state index contributed by atoms with van der Waals surface area (Å²) in [4.78, 5) is 0.339. The number of halogens is 1. The van der Waals surface area contributed by atoms with E-state index in [0.717, 1.165) is 4.47 Å². The van der Waals surface area contributed by atoms with Crippen molar-refractivity contribution >= 4 is 25.8 Å². The minimum Gasteiger partial charge on any atom is -0.393 e. The lowest BCUT2D eigenvalue weighted by molar-refractivity contribution is 0.142. The van der Waals surface area contributed by atoms with E-state index < -0.39 is 21.2 Å². The van der Waals surface area contributed by atoms with Crippen LogP contribution >= 0.6 is 15.9 Å². The fourth-order valence-electron chi connectivity index (χ4n) is 2.35. The van der Waals surface area contributed by atoms with Gasteiger partial charge in [0.25, 0.3) is 0 Å². The summed E-state index contributed by atoms with van der Waals surface area (Å²) in [6.07, 6.45) is 0.618. The van der Waals surface area contributed by atoms with Crippen LogP contribution in [0.5, 0.6) is 0 Å². The predicted octanol–water partition coefficient (Wildman–Crippen LogP) is 2.38. The van der Waals surface area contributed by atoms with Crippen molar-refractivity contribution in [1.29, 1.82) is 0 Å². The smallest absolute Gasteiger partial charge is 0.181 e. The van der Waals surface area contributed by atoms with Gasteiger partial charge in [-0.15, -0.1) is 0 Å². The summed E-state index contributed by atoms with van der Waals surface area (Å²) >= 11 is 3.28. The Morgan fingerprint density at radius 2 is 1.82 bits per heavy atom. The molecule has 94 valence electrons. The Morgan fingerprint density at radius 1 is 1.24 bits per heavy atom. The molecule has 1 aliphatic carbocycles. The maximum absolute atomic E-state index is 12.4. The third-order valence-electron chi connectivity index (χ3n) is 3.48. The number of aliphatic hydroxyl groups excluding tert-OH is 1. The molecule has 17 heavy (non-hydrogen) atoms. The van der Waals surface area contributed by atoms with Crippen molar-refractivity contribution in [2.45, 2.75) is 36.0 Å². The van der Waals surface area contributed by atoms with E-state index in [0.29, 0.717) is 17.7 Å². The summed E-state index contributed by atoms with van der Waals surface area (Å²) in [5.74, 6) is -0.191. The largest absolute Gasteiger partial charge is 0.393 e. The zero-order chi connectivity index (χ0) is 12.6. The Labute approximate surface area is 110 Å². The second-order valence-corrected chi connectivity index (χ2v) is 7.62. The molecule has 2 rings (SSSR count). The van der Waals surface area contributed by atoms with Crippen molar-refractivity contribution in [3.8, 4) is 0 Å². The van der Waals surface area contributed by atoms with Crippen LogP contribution in [0.25, 0.3) is 0 Å².